The maximum Gasteiger partial charge on any atom is 0.288 e. The first kappa shape index (κ1) is 15.6. The highest BCUT2D eigenvalue weighted by Crippen LogP contribution is 2.31. The number of hydrogen-bond donors (Lipinski definition) is 1. The average molecular weight is 333 g/mol. The van der Waals surface area contributed by atoms with Crippen molar-refractivity contribution in [3.05, 3.63) is 80.7 Å². The number of fused-ring (bicyclic) bond motifs is 2. The van der Waals surface area contributed by atoms with Gasteiger partial charge < -0.3 is 9.73 Å². The fourth-order valence-electron chi connectivity index (χ4n) is 3.37. The Morgan fingerprint density at radius 2 is 1.64 bits per heavy atom. The van der Waals surface area contributed by atoms with Crippen LogP contribution in [0.25, 0.3) is 11.0 Å². The van der Waals surface area contributed by atoms with Gasteiger partial charge in [-0.25, -0.2) is 0 Å². The van der Waals surface area contributed by atoms with Crippen LogP contribution in [0.5, 0.6) is 0 Å². The summed E-state index contributed by atoms with van der Waals surface area (Å²) in [5.41, 5.74) is 3.91. The van der Waals surface area contributed by atoms with E-state index in [1.165, 1.54) is 5.56 Å². The molecule has 0 saturated heterocycles. The molecule has 0 radical (unpaired) electrons. The van der Waals surface area contributed by atoms with E-state index < -0.39 is 6.04 Å². The van der Waals surface area contributed by atoms with Gasteiger partial charge in [-0.1, -0.05) is 44.2 Å². The van der Waals surface area contributed by atoms with Gasteiger partial charge in [0.05, 0.1) is 17.0 Å². The number of carbonyl (C=O) groups is 1. The van der Waals surface area contributed by atoms with E-state index in [1.807, 2.05) is 43.3 Å². The second kappa shape index (κ2) is 5.88. The molecule has 1 unspecified atom stereocenters. The van der Waals surface area contributed by atoms with E-state index in [1.54, 1.807) is 6.07 Å². The van der Waals surface area contributed by atoms with Crippen LogP contribution in [0.2, 0.25) is 0 Å². The smallest absolute Gasteiger partial charge is 0.288 e. The molecule has 1 atom stereocenters. The van der Waals surface area contributed by atoms with Gasteiger partial charge in [-0.3, -0.25) is 9.59 Å². The Hall–Kier alpha value is -2.88. The highest BCUT2D eigenvalue weighted by molar-refractivity contribution is 5.99. The minimum atomic E-state index is -0.459. The minimum Gasteiger partial charge on any atom is -0.450 e. The predicted molar refractivity (Wildman–Crippen MR) is 97.0 cm³/mol. The topological polar surface area (TPSA) is 59.3 Å². The number of amides is 1. The summed E-state index contributed by atoms with van der Waals surface area (Å²) in [6.45, 7) is 4.13. The lowest BCUT2D eigenvalue weighted by Crippen LogP contribution is -2.21. The van der Waals surface area contributed by atoms with Crippen molar-refractivity contribution in [3.8, 4) is 0 Å². The van der Waals surface area contributed by atoms with E-state index in [0.29, 0.717) is 16.5 Å². The van der Waals surface area contributed by atoms with Crippen molar-refractivity contribution in [1.29, 1.82) is 0 Å². The van der Waals surface area contributed by atoms with Crippen LogP contribution in [0, 0.1) is 0 Å². The lowest BCUT2D eigenvalue weighted by Gasteiger charge is -2.12. The van der Waals surface area contributed by atoms with Gasteiger partial charge in [0.15, 0.2) is 5.43 Å². The molecule has 1 N–H and O–H groups in total. The summed E-state index contributed by atoms with van der Waals surface area (Å²) in [6.07, 6.45) is 1.78. The number of benzene rings is 2. The van der Waals surface area contributed by atoms with Crippen molar-refractivity contribution in [3.63, 3.8) is 0 Å². The summed E-state index contributed by atoms with van der Waals surface area (Å²) >= 11 is 0. The van der Waals surface area contributed by atoms with E-state index in [4.69, 9.17) is 4.42 Å². The predicted octanol–water partition coefficient (Wildman–Crippen LogP) is 3.75. The molecule has 0 saturated carbocycles. The molecule has 1 aliphatic heterocycles. The lowest BCUT2D eigenvalue weighted by atomic mass is 9.97. The van der Waals surface area contributed by atoms with Gasteiger partial charge >= 0.3 is 0 Å². The van der Waals surface area contributed by atoms with Crippen LogP contribution < -0.4 is 10.7 Å². The van der Waals surface area contributed by atoms with E-state index >= 15 is 0 Å². The zero-order valence-corrected chi connectivity index (χ0v) is 14.3. The van der Waals surface area contributed by atoms with E-state index in [2.05, 4.69) is 12.2 Å². The first-order valence-electron chi connectivity index (χ1n) is 8.61. The van der Waals surface area contributed by atoms with Crippen LogP contribution in [0.15, 0.2) is 51.7 Å². The summed E-state index contributed by atoms with van der Waals surface area (Å²) in [7, 11) is 0. The molecule has 4 rings (SSSR count). The molecule has 3 aromatic rings. The zero-order chi connectivity index (χ0) is 17.6. The van der Waals surface area contributed by atoms with E-state index in [-0.39, 0.29) is 17.1 Å². The molecule has 2 aromatic carbocycles. The molecule has 1 aromatic heterocycles. The second-order valence-corrected chi connectivity index (χ2v) is 6.36. The fraction of sp³-hybridized carbons (Fsp3) is 0.238. The SMILES string of the molecule is CCc1ccc(C2NC(=O)c3oc4ccc(CC)cc4c(=O)c32)cc1. The molecular formula is C21H19NO3. The van der Waals surface area contributed by atoms with Gasteiger partial charge in [0, 0.05) is 0 Å². The third-order valence-electron chi connectivity index (χ3n) is 4.89. The van der Waals surface area contributed by atoms with Gasteiger partial charge in [-0.05, 0) is 41.7 Å². The van der Waals surface area contributed by atoms with Gasteiger partial charge in [-0.15, -0.1) is 0 Å². The first-order valence-corrected chi connectivity index (χ1v) is 8.61. The number of aryl methyl sites for hydroxylation is 2. The molecule has 0 fully saturated rings. The van der Waals surface area contributed by atoms with Crippen LogP contribution in [0.3, 0.4) is 0 Å². The lowest BCUT2D eigenvalue weighted by molar-refractivity contribution is 0.0938. The Bertz CT molecular complexity index is 1030. The molecule has 4 heteroatoms. The van der Waals surface area contributed by atoms with Crippen LogP contribution >= 0.6 is 0 Å². The Balaban J connectivity index is 1.92. The Kier molecular flexibility index (Phi) is 3.68. The maximum absolute atomic E-state index is 13.1. The minimum absolute atomic E-state index is 0.130. The second-order valence-electron chi connectivity index (χ2n) is 6.36. The van der Waals surface area contributed by atoms with Crippen molar-refractivity contribution in [2.45, 2.75) is 32.7 Å². The molecule has 126 valence electrons. The summed E-state index contributed by atoms with van der Waals surface area (Å²) in [5, 5.41) is 3.42. The van der Waals surface area contributed by atoms with Crippen molar-refractivity contribution < 1.29 is 9.21 Å². The molecular weight excluding hydrogens is 314 g/mol. The van der Waals surface area contributed by atoms with Gasteiger partial charge in [0.25, 0.3) is 5.91 Å². The molecule has 1 amide bonds. The van der Waals surface area contributed by atoms with Crippen LogP contribution in [0.4, 0.5) is 0 Å². The average Bonchev–Trinajstić information content (AvgIpc) is 2.98. The standard InChI is InChI=1S/C21H19NO3/c1-3-12-5-8-14(9-6-12)18-17-19(23)15-11-13(4-2)7-10-16(15)25-20(17)21(24)22-18/h5-11,18H,3-4H2,1-2H3,(H,22,24). The monoisotopic (exact) mass is 333 g/mol. The molecule has 4 nitrogen and oxygen atoms in total. The zero-order valence-electron chi connectivity index (χ0n) is 14.3. The van der Waals surface area contributed by atoms with Crippen LogP contribution in [-0.2, 0) is 12.8 Å². The van der Waals surface area contributed by atoms with Gasteiger partial charge in [0.2, 0.25) is 5.76 Å². The van der Waals surface area contributed by atoms with Crippen molar-refractivity contribution in [2.24, 2.45) is 0 Å². The number of hydrogen-bond acceptors (Lipinski definition) is 3. The Morgan fingerprint density at radius 1 is 0.960 bits per heavy atom. The number of rotatable bonds is 3. The summed E-state index contributed by atoms with van der Waals surface area (Å²) in [4.78, 5) is 25.4. The Morgan fingerprint density at radius 3 is 2.32 bits per heavy atom. The van der Waals surface area contributed by atoms with Gasteiger partial charge in [-0.2, -0.15) is 0 Å². The number of carbonyl (C=O) groups excluding carboxylic acids is 1. The highest BCUT2D eigenvalue weighted by atomic mass is 16.3. The third kappa shape index (κ3) is 2.45. The van der Waals surface area contributed by atoms with Crippen molar-refractivity contribution in [2.75, 3.05) is 0 Å². The summed E-state index contributed by atoms with van der Waals surface area (Å²) in [6, 6.07) is 13.1. The fourth-order valence-corrected chi connectivity index (χ4v) is 3.37. The molecule has 25 heavy (non-hydrogen) atoms. The van der Waals surface area contributed by atoms with Crippen LogP contribution in [0.1, 0.15) is 52.7 Å². The van der Waals surface area contributed by atoms with E-state index in [0.717, 1.165) is 24.0 Å². The summed E-state index contributed by atoms with van der Waals surface area (Å²) < 4.78 is 5.78. The highest BCUT2D eigenvalue weighted by Gasteiger charge is 2.35. The van der Waals surface area contributed by atoms with Gasteiger partial charge in [0.1, 0.15) is 5.58 Å². The summed E-state index contributed by atoms with van der Waals surface area (Å²) in [5.74, 6) is -0.204. The first-order chi connectivity index (χ1) is 12.1. The van der Waals surface area contributed by atoms with Crippen molar-refractivity contribution >= 4 is 16.9 Å². The van der Waals surface area contributed by atoms with Crippen molar-refractivity contribution in [1.82, 2.24) is 5.32 Å². The quantitative estimate of drug-likeness (QED) is 0.794. The Labute approximate surface area is 145 Å². The molecule has 0 aliphatic carbocycles. The molecule has 1 aliphatic rings. The molecule has 2 heterocycles. The largest absolute Gasteiger partial charge is 0.450 e. The van der Waals surface area contributed by atoms with Crippen LogP contribution in [-0.4, -0.2) is 5.91 Å². The normalized spacial score (nSPS) is 16.1. The molecule has 0 bridgehead atoms. The number of nitrogens with one attached hydrogen (secondary N) is 1. The third-order valence-corrected chi connectivity index (χ3v) is 4.89. The maximum atomic E-state index is 13.1. The molecule has 0 spiro atoms. The van der Waals surface area contributed by atoms with E-state index in [9.17, 15) is 9.59 Å².